The normalized spacial score (nSPS) is 27.4. The van der Waals surface area contributed by atoms with Crippen molar-refractivity contribution in [1.29, 1.82) is 0 Å². The first-order valence-electron chi connectivity index (χ1n) is 8.17. The Morgan fingerprint density at radius 3 is 2.78 bits per heavy atom. The number of fused-ring (bicyclic) bond motifs is 1. The van der Waals surface area contributed by atoms with E-state index >= 15 is 0 Å². The van der Waals surface area contributed by atoms with Gasteiger partial charge < -0.3 is 19.7 Å². The minimum absolute atomic E-state index is 0.00732. The van der Waals surface area contributed by atoms with Crippen LogP contribution >= 0.6 is 11.6 Å². The molecule has 1 aromatic carbocycles. The minimum Gasteiger partial charge on any atom is -0.454 e. The summed E-state index contributed by atoms with van der Waals surface area (Å²) in [5, 5.41) is 20.9. The number of piperidine rings is 1. The van der Waals surface area contributed by atoms with Crippen LogP contribution in [0.3, 0.4) is 0 Å². The first-order valence-corrected chi connectivity index (χ1v) is 8.55. The van der Waals surface area contributed by atoms with Gasteiger partial charge in [-0.05, 0) is 24.5 Å². The number of aliphatic hydroxyl groups is 2. The molecule has 0 saturated carbocycles. The molecule has 3 rings (SSSR count). The summed E-state index contributed by atoms with van der Waals surface area (Å²) in [5.74, 6) is 1.41. The number of likely N-dealkylation sites (tertiary alicyclic amines) is 1. The summed E-state index contributed by atoms with van der Waals surface area (Å²) in [5.41, 5.74) is 0.547. The van der Waals surface area contributed by atoms with Crippen molar-refractivity contribution in [3.8, 4) is 11.5 Å². The van der Waals surface area contributed by atoms with Gasteiger partial charge in [0.2, 0.25) is 6.79 Å². The van der Waals surface area contributed by atoms with Gasteiger partial charge in [-0.3, -0.25) is 4.90 Å². The number of rotatable bonds is 5. The van der Waals surface area contributed by atoms with E-state index in [4.69, 9.17) is 21.1 Å². The molecule has 1 saturated heterocycles. The molecule has 0 aromatic heterocycles. The molecule has 2 heterocycles. The highest BCUT2D eigenvalue weighted by molar-refractivity contribution is 6.31. The van der Waals surface area contributed by atoms with Crippen molar-refractivity contribution in [3.05, 3.63) is 22.7 Å². The largest absolute Gasteiger partial charge is 0.454 e. The predicted molar refractivity (Wildman–Crippen MR) is 87.9 cm³/mol. The van der Waals surface area contributed by atoms with Gasteiger partial charge in [-0.2, -0.15) is 0 Å². The number of ether oxygens (including phenoxy) is 2. The fraction of sp³-hybridized carbons (Fsp3) is 0.647. The lowest BCUT2D eigenvalue weighted by molar-refractivity contribution is -0.0819. The van der Waals surface area contributed by atoms with E-state index in [9.17, 15) is 10.2 Å². The molecule has 128 valence electrons. The molecule has 2 N–H and O–H groups in total. The van der Waals surface area contributed by atoms with Crippen molar-refractivity contribution in [2.24, 2.45) is 5.41 Å². The average molecular weight is 342 g/mol. The van der Waals surface area contributed by atoms with Crippen molar-refractivity contribution in [1.82, 2.24) is 4.90 Å². The molecule has 0 radical (unpaired) electrons. The molecule has 0 spiro atoms. The van der Waals surface area contributed by atoms with Gasteiger partial charge in [-0.1, -0.05) is 24.9 Å². The molecule has 5 nitrogen and oxygen atoms in total. The van der Waals surface area contributed by atoms with E-state index in [-0.39, 0.29) is 13.4 Å². The van der Waals surface area contributed by atoms with Crippen molar-refractivity contribution in [3.63, 3.8) is 0 Å². The number of nitrogens with zero attached hydrogens (tertiary/aromatic N) is 1. The standard InChI is InChI=1S/C17H24ClNO4/c1-2-4-17(10-20)9-19(5-3-16(17)21)8-12-6-14-15(7-13(12)18)23-11-22-14/h6-7,16,20-21H,2-5,8-11H2,1H3/t16-,17+/m1/s1. The monoisotopic (exact) mass is 341 g/mol. The van der Waals surface area contributed by atoms with Crippen LogP contribution < -0.4 is 9.47 Å². The molecule has 6 heteroatoms. The lowest BCUT2D eigenvalue weighted by Gasteiger charge is -2.45. The summed E-state index contributed by atoms with van der Waals surface area (Å²) in [6.07, 6.45) is 1.98. The van der Waals surface area contributed by atoms with Crippen LogP contribution in [-0.2, 0) is 6.54 Å². The van der Waals surface area contributed by atoms with Crippen LogP contribution in [0, 0.1) is 5.41 Å². The van der Waals surface area contributed by atoms with E-state index in [1.807, 2.05) is 6.07 Å². The van der Waals surface area contributed by atoms with Crippen LogP contribution in [0.5, 0.6) is 11.5 Å². The van der Waals surface area contributed by atoms with E-state index in [2.05, 4.69) is 11.8 Å². The Morgan fingerprint density at radius 1 is 1.35 bits per heavy atom. The second-order valence-electron chi connectivity index (χ2n) is 6.58. The lowest BCUT2D eigenvalue weighted by atomic mass is 9.74. The van der Waals surface area contributed by atoms with E-state index in [0.717, 1.165) is 30.7 Å². The van der Waals surface area contributed by atoms with Gasteiger partial charge in [0.15, 0.2) is 11.5 Å². The molecule has 2 atom stereocenters. The van der Waals surface area contributed by atoms with Gasteiger partial charge in [0.05, 0.1) is 12.7 Å². The van der Waals surface area contributed by atoms with Crippen molar-refractivity contribution in [2.75, 3.05) is 26.5 Å². The summed E-state index contributed by atoms with van der Waals surface area (Å²) in [6, 6.07) is 3.72. The van der Waals surface area contributed by atoms with Crippen LogP contribution in [0.2, 0.25) is 5.02 Å². The van der Waals surface area contributed by atoms with E-state index < -0.39 is 11.5 Å². The summed E-state index contributed by atoms with van der Waals surface area (Å²) in [4.78, 5) is 2.25. The Bertz CT molecular complexity index is 568. The van der Waals surface area contributed by atoms with Crippen LogP contribution in [0.4, 0.5) is 0 Å². The molecular weight excluding hydrogens is 318 g/mol. The summed E-state index contributed by atoms with van der Waals surface area (Å²) >= 11 is 6.36. The molecular formula is C17H24ClNO4. The zero-order valence-electron chi connectivity index (χ0n) is 13.4. The van der Waals surface area contributed by atoms with Crippen LogP contribution in [0.15, 0.2) is 12.1 Å². The van der Waals surface area contributed by atoms with Crippen molar-refractivity contribution >= 4 is 11.6 Å². The Kier molecular flexibility index (Phi) is 5.01. The summed E-state index contributed by atoms with van der Waals surface area (Å²) < 4.78 is 10.8. The van der Waals surface area contributed by atoms with E-state index in [0.29, 0.717) is 30.3 Å². The maximum absolute atomic E-state index is 10.4. The number of aliphatic hydroxyl groups excluding tert-OH is 2. The minimum atomic E-state index is -0.448. The number of benzene rings is 1. The Labute approximate surface area is 141 Å². The molecule has 2 aliphatic rings. The first-order chi connectivity index (χ1) is 11.1. The third-order valence-corrected chi connectivity index (χ3v) is 5.31. The van der Waals surface area contributed by atoms with Crippen molar-refractivity contribution in [2.45, 2.75) is 38.8 Å². The number of halogens is 1. The Morgan fingerprint density at radius 2 is 2.09 bits per heavy atom. The zero-order chi connectivity index (χ0) is 16.4. The average Bonchev–Trinajstić information content (AvgIpc) is 2.98. The third-order valence-electron chi connectivity index (χ3n) is 4.96. The molecule has 23 heavy (non-hydrogen) atoms. The van der Waals surface area contributed by atoms with Crippen LogP contribution in [0.25, 0.3) is 0 Å². The lowest BCUT2D eigenvalue weighted by Crippen LogP contribution is -2.53. The third kappa shape index (κ3) is 3.29. The highest BCUT2D eigenvalue weighted by Crippen LogP contribution is 2.39. The van der Waals surface area contributed by atoms with Gasteiger partial charge in [-0.25, -0.2) is 0 Å². The Hall–Kier alpha value is -1.01. The second-order valence-corrected chi connectivity index (χ2v) is 6.99. The number of hydrogen-bond donors (Lipinski definition) is 2. The van der Waals surface area contributed by atoms with E-state index in [1.165, 1.54) is 0 Å². The van der Waals surface area contributed by atoms with Gasteiger partial charge >= 0.3 is 0 Å². The molecule has 0 amide bonds. The predicted octanol–water partition coefficient (Wildman–Crippen LogP) is 2.41. The highest BCUT2D eigenvalue weighted by Gasteiger charge is 2.41. The summed E-state index contributed by atoms with van der Waals surface area (Å²) in [7, 11) is 0. The maximum atomic E-state index is 10.4. The smallest absolute Gasteiger partial charge is 0.231 e. The van der Waals surface area contributed by atoms with Gasteiger partial charge in [0.25, 0.3) is 0 Å². The van der Waals surface area contributed by atoms with Gasteiger partial charge in [-0.15, -0.1) is 0 Å². The Balaban J connectivity index is 1.75. The molecule has 2 aliphatic heterocycles. The zero-order valence-corrected chi connectivity index (χ0v) is 14.2. The molecule has 0 bridgehead atoms. The molecule has 0 aliphatic carbocycles. The fourth-order valence-electron chi connectivity index (χ4n) is 3.68. The van der Waals surface area contributed by atoms with Crippen LogP contribution in [-0.4, -0.2) is 47.7 Å². The fourth-order valence-corrected chi connectivity index (χ4v) is 3.89. The second kappa shape index (κ2) is 6.85. The van der Waals surface area contributed by atoms with Gasteiger partial charge in [0, 0.05) is 36.1 Å². The highest BCUT2D eigenvalue weighted by atomic mass is 35.5. The maximum Gasteiger partial charge on any atom is 0.231 e. The number of hydrogen-bond acceptors (Lipinski definition) is 5. The van der Waals surface area contributed by atoms with E-state index in [1.54, 1.807) is 6.07 Å². The van der Waals surface area contributed by atoms with Gasteiger partial charge in [0.1, 0.15) is 0 Å². The topological polar surface area (TPSA) is 62.2 Å². The molecule has 0 unspecified atom stereocenters. The molecule has 1 fully saturated rings. The first kappa shape index (κ1) is 16.8. The van der Waals surface area contributed by atoms with Crippen molar-refractivity contribution < 1.29 is 19.7 Å². The molecule has 1 aromatic rings. The summed E-state index contributed by atoms with van der Waals surface area (Å²) in [6.45, 7) is 4.45. The quantitative estimate of drug-likeness (QED) is 0.861. The SMILES string of the molecule is CCC[C@@]1(CO)CN(Cc2cc3c(cc2Cl)OCO3)CC[C@H]1O. The van der Waals surface area contributed by atoms with Crippen LogP contribution in [0.1, 0.15) is 31.7 Å².